The highest BCUT2D eigenvalue weighted by molar-refractivity contribution is 6.33. The fourth-order valence-electron chi connectivity index (χ4n) is 4.28. The summed E-state index contributed by atoms with van der Waals surface area (Å²) in [6, 6.07) is 6.16. The normalized spacial score (nSPS) is 14.8. The van der Waals surface area contributed by atoms with Gasteiger partial charge in [-0.05, 0) is 42.4 Å². The Hall–Kier alpha value is -2.05. The maximum Gasteiger partial charge on any atom is 0.242 e. The third kappa shape index (κ3) is 7.24. The van der Waals surface area contributed by atoms with Gasteiger partial charge < -0.3 is 15.1 Å². The van der Waals surface area contributed by atoms with Gasteiger partial charge in [0.15, 0.2) is 0 Å². The molecule has 32 heavy (non-hydrogen) atoms. The van der Waals surface area contributed by atoms with Gasteiger partial charge in [0.1, 0.15) is 0 Å². The van der Waals surface area contributed by atoms with Gasteiger partial charge in [0.2, 0.25) is 11.8 Å². The smallest absolute Gasteiger partial charge is 0.242 e. The lowest BCUT2D eigenvalue weighted by Gasteiger charge is -2.35. The summed E-state index contributed by atoms with van der Waals surface area (Å²) < 4.78 is 0. The molecule has 1 heterocycles. The second-order valence-corrected chi connectivity index (χ2v) is 9.40. The van der Waals surface area contributed by atoms with Crippen molar-refractivity contribution in [2.45, 2.75) is 46.1 Å². The Kier molecular flexibility index (Phi) is 10.0. The number of piperazine rings is 1. The number of nitrogens with one attached hydrogen (secondary N) is 1. The third-order valence-corrected chi connectivity index (χ3v) is 6.98. The van der Waals surface area contributed by atoms with Crippen LogP contribution in [0.15, 0.2) is 30.9 Å². The Balaban J connectivity index is 1.78. The SMILES string of the molecule is C=CCC(CC)(CC)CC(=O)NCC(=O)N1CCN(Cc2ccc(N(C)C)c(Cl)c2)CC1. The molecule has 0 atom stereocenters. The van der Waals surface area contributed by atoms with Crippen molar-refractivity contribution in [3.63, 3.8) is 0 Å². The minimum absolute atomic E-state index is 0.0151. The van der Waals surface area contributed by atoms with Crippen molar-refractivity contribution in [2.75, 3.05) is 51.7 Å². The first kappa shape index (κ1) is 26.2. The zero-order chi connectivity index (χ0) is 23.7. The molecule has 0 unspecified atom stereocenters. The summed E-state index contributed by atoms with van der Waals surface area (Å²) in [5, 5.41) is 3.59. The van der Waals surface area contributed by atoms with E-state index in [0.717, 1.165) is 49.6 Å². The van der Waals surface area contributed by atoms with E-state index in [2.05, 4.69) is 36.7 Å². The summed E-state index contributed by atoms with van der Waals surface area (Å²) in [6.07, 6.45) is 4.97. The predicted octanol–water partition coefficient (Wildman–Crippen LogP) is 3.94. The molecule has 0 saturated carbocycles. The molecule has 1 fully saturated rings. The van der Waals surface area contributed by atoms with E-state index >= 15 is 0 Å². The average Bonchev–Trinajstić information content (AvgIpc) is 2.77. The number of allylic oxidation sites excluding steroid dienone is 1. The molecule has 0 radical (unpaired) electrons. The zero-order valence-corrected chi connectivity index (χ0v) is 20.9. The van der Waals surface area contributed by atoms with Gasteiger partial charge >= 0.3 is 0 Å². The first-order chi connectivity index (χ1) is 15.2. The average molecular weight is 463 g/mol. The van der Waals surface area contributed by atoms with Crippen molar-refractivity contribution in [1.82, 2.24) is 15.1 Å². The number of anilines is 1. The summed E-state index contributed by atoms with van der Waals surface area (Å²) in [4.78, 5) is 31.2. The highest BCUT2D eigenvalue weighted by atomic mass is 35.5. The van der Waals surface area contributed by atoms with Gasteiger partial charge in [-0.15, -0.1) is 6.58 Å². The van der Waals surface area contributed by atoms with E-state index < -0.39 is 0 Å². The topological polar surface area (TPSA) is 55.9 Å². The van der Waals surface area contributed by atoms with Crippen molar-refractivity contribution in [2.24, 2.45) is 5.41 Å². The molecular formula is C25H39ClN4O2. The van der Waals surface area contributed by atoms with Crippen LogP contribution in [-0.4, -0.2) is 68.4 Å². The molecule has 0 aliphatic carbocycles. The molecule has 1 aliphatic heterocycles. The molecule has 1 aromatic carbocycles. The molecule has 178 valence electrons. The summed E-state index contributed by atoms with van der Waals surface area (Å²) in [5.74, 6) is -0.0701. The molecule has 2 rings (SSSR count). The zero-order valence-electron chi connectivity index (χ0n) is 20.1. The van der Waals surface area contributed by atoms with E-state index in [1.54, 1.807) is 0 Å². The van der Waals surface area contributed by atoms with Crippen LogP contribution in [-0.2, 0) is 16.1 Å². The Labute approximate surface area is 198 Å². The number of halogens is 1. The molecule has 6 nitrogen and oxygen atoms in total. The van der Waals surface area contributed by atoms with Gasteiger partial charge in [-0.2, -0.15) is 0 Å². The first-order valence-corrected chi connectivity index (χ1v) is 11.9. The quantitative estimate of drug-likeness (QED) is 0.506. The number of amides is 2. The van der Waals surface area contributed by atoms with Crippen LogP contribution in [0.25, 0.3) is 0 Å². The molecule has 7 heteroatoms. The van der Waals surface area contributed by atoms with Crippen LogP contribution < -0.4 is 10.2 Å². The van der Waals surface area contributed by atoms with Gasteiger partial charge in [0.25, 0.3) is 0 Å². The van der Waals surface area contributed by atoms with E-state index in [1.165, 1.54) is 5.56 Å². The lowest BCUT2D eigenvalue weighted by atomic mass is 9.76. The summed E-state index contributed by atoms with van der Waals surface area (Å²) in [6.45, 7) is 11.9. The Bertz CT molecular complexity index is 784. The van der Waals surface area contributed by atoms with Crippen LogP contribution in [0, 0.1) is 5.41 Å². The molecule has 1 N–H and O–H groups in total. The number of carbonyl (C=O) groups excluding carboxylic acids is 2. The molecule has 1 aliphatic rings. The minimum atomic E-state index is -0.0614. The molecule has 0 aromatic heterocycles. The van der Waals surface area contributed by atoms with Gasteiger partial charge in [-0.25, -0.2) is 0 Å². The van der Waals surface area contributed by atoms with E-state index in [4.69, 9.17) is 11.6 Å². The monoisotopic (exact) mass is 462 g/mol. The van der Waals surface area contributed by atoms with Gasteiger partial charge in [-0.1, -0.05) is 37.6 Å². The predicted molar refractivity (Wildman–Crippen MR) is 133 cm³/mol. The van der Waals surface area contributed by atoms with Crippen LogP contribution in [0.3, 0.4) is 0 Å². The summed E-state index contributed by atoms with van der Waals surface area (Å²) >= 11 is 6.39. The maximum atomic E-state index is 12.6. The second kappa shape index (κ2) is 12.3. The number of nitrogens with zero attached hydrogens (tertiary/aromatic N) is 3. The number of hydrogen-bond donors (Lipinski definition) is 1. The number of carbonyl (C=O) groups is 2. The number of benzene rings is 1. The van der Waals surface area contributed by atoms with Crippen molar-refractivity contribution < 1.29 is 9.59 Å². The molecule has 0 spiro atoms. The van der Waals surface area contributed by atoms with E-state index in [9.17, 15) is 9.59 Å². The van der Waals surface area contributed by atoms with Crippen LogP contribution >= 0.6 is 11.6 Å². The highest BCUT2D eigenvalue weighted by Gasteiger charge is 2.28. The fourth-order valence-corrected chi connectivity index (χ4v) is 4.65. The third-order valence-electron chi connectivity index (χ3n) is 6.67. The Morgan fingerprint density at radius 3 is 2.38 bits per heavy atom. The number of hydrogen-bond acceptors (Lipinski definition) is 4. The van der Waals surface area contributed by atoms with Crippen molar-refractivity contribution in [1.29, 1.82) is 0 Å². The van der Waals surface area contributed by atoms with Crippen molar-refractivity contribution >= 4 is 29.1 Å². The van der Waals surface area contributed by atoms with Crippen molar-refractivity contribution in [3.8, 4) is 0 Å². The summed E-state index contributed by atoms with van der Waals surface area (Å²) in [7, 11) is 3.95. The van der Waals surface area contributed by atoms with Gasteiger partial charge in [0.05, 0.1) is 17.3 Å². The second-order valence-electron chi connectivity index (χ2n) is 8.99. The highest BCUT2D eigenvalue weighted by Crippen LogP contribution is 2.34. The first-order valence-electron chi connectivity index (χ1n) is 11.6. The van der Waals surface area contributed by atoms with E-state index in [0.29, 0.717) is 19.5 Å². The Morgan fingerprint density at radius 2 is 1.84 bits per heavy atom. The molecule has 1 saturated heterocycles. The van der Waals surface area contributed by atoms with Crippen LogP contribution in [0.4, 0.5) is 5.69 Å². The number of rotatable bonds is 11. The standard InChI is InChI=1S/C25H39ClN4O2/c1-6-11-25(7-2,8-3)17-23(31)27-18-24(32)30-14-12-29(13-15-30)19-20-9-10-22(28(4)5)21(26)16-20/h6,9-10,16H,1,7-8,11-15,17-19H2,2-5H3,(H,27,31). The van der Waals surface area contributed by atoms with E-state index in [1.807, 2.05) is 42.1 Å². The fraction of sp³-hybridized carbons (Fsp3) is 0.600. The Morgan fingerprint density at radius 1 is 1.19 bits per heavy atom. The lowest BCUT2D eigenvalue weighted by molar-refractivity contribution is -0.134. The maximum absolute atomic E-state index is 12.6. The molecule has 0 bridgehead atoms. The molecule has 1 aromatic rings. The summed E-state index contributed by atoms with van der Waals surface area (Å²) in [5.41, 5.74) is 2.11. The van der Waals surface area contributed by atoms with Crippen molar-refractivity contribution in [3.05, 3.63) is 41.4 Å². The van der Waals surface area contributed by atoms with Gasteiger partial charge in [0, 0.05) is 53.2 Å². The molecule has 2 amide bonds. The lowest BCUT2D eigenvalue weighted by Crippen LogP contribution is -2.51. The van der Waals surface area contributed by atoms with Crippen LogP contribution in [0.2, 0.25) is 5.02 Å². The van der Waals surface area contributed by atoms with Gasteiger partial charge in [-0.3, -0.25) is 14.5 Å². The molecular weight excluding hydrogens is 424 g/mol. The van der Waals surface area contributed by atoms with Crippen LogP contribution in [0.1, 0.15) is 45.1 Å². The van der Waals surface area contributed by atoms with E-state index in [-0.39, 0.29) is 23.8 Å². The van der Waals surface area contributed by atoms with Crippen LogP contribution in [0.5, 0.6) is 0 Å². The minimum Gasteiger partial charge on any atom is -0.376 e. The largest absolute Gasteiger partial charge is 0.376 e.